The van der Waals surface area contributed by atoms with Crippen molar-refractivity contribution < 1.29 is 4.79 Å². The summed E-state index contributed by atoms with van der Waals surface area (Å²) in [6.45, 7) is 8.39. The molecule has 1 amide bonds. The molecule has 100 valence electrons. The Morgan fingerprint density at radius 2 is 2.00 bits per heavy atom. The first kappa shape index (κ1) is 14.7. The van der Waals surface area contributed by atoms with Crippen molar-refractivity contribution in [1.29, 1.82) is 0 Å². The minimum absolute atomic E-state index is 0.121. The van der Waals surface area contributed by atoms with Crippen molar-refractivity contribution in [2.45, 2.75) is 27.2 Å². The van der Waals surface area contributed by atoms with Gasteiger partial charge in [-0.05, 0) is 37.4 Å². The van der Waals surface area contributed by atoms with Gasteiger partial charge in [-0.25, -0.2) is 0 Å². The lowest BCUT2D eigenvalue weighted by atomic mass is 10.0. The highest BCUT2D eigenvalue weighted by atomic mass is 16.2. The molecule has 3 nitrogen and oxygen atoms in total. The first-order chi connectivity index (χ1) is 8.60. The van der Waals surface area contributed by atoms with Crippen LogP contribution in [0.4, 0.5) is 0 Å². The summed E-state index contributed by atoms with van der Waals surface area (Å²) in [5, 5.41) is 0. The quantitative estimate of drug-likeness (QED) is 0.839. The standard InChI is InChI=1S/C15H24N2O/c1-4-17(11-12(2)3)15(18)14-8-6-5-7-13(14)9-10-16/h5-8,12H,4,9-11,16H2,1-3H3. The largest absolute Gasteiger partial charge is 0.339 e. The maximum Gasteiger partial charge on any atom is 0.254 e. The summed E-state index contributed by atoms with van der Waals surface area (Å²) in [6, 6.07) is 7.76. The smallest absolute Gasteiger partial charge is 0.254 e. The summed E-state index contributed by atoms with van der Waals surface area (Å²) >= 11 is 0. The van der Waals surface area contributed by atoms with E-state index in [1.54, 1.807) is 0 Å². The van der Waals surface area contributed by atoms with Crippen LogP contribution in [0.5, 0.6) is 0 Å². The van der Waals surface area contributed by atoms with E-state index in [-0.39, 0.29) is 5.91 Å². The van der Waals surface area contributed by atoms with Gasteiger partial charge in [-0.2, -0.15) is 0 Å². The third-order valence-electron chi connectivity index (χ3n) is 2.92. The zero-order chi connectivity index (χ0) is 13.5. The molecule has 18 heavy (non-hydrogen) atoms. The molecule has 0 aromatic heterocycles. The zero-order valence-electron chi connectivity index (χ0n) is 11.6. The lowest BCUT2D eigenvalue weighted by Crippen LogP contribution is -2.34. The fourth-order valence-corrected chi connectivity index (χ4v) is 2.07. The summed E-state index contributed by atoms with van der Waals surface area (Å²) in [4.78, 5) is 14.4. The molecule has 0 aliphatic heterocycles. The molecule has 0 unspecified atom stereocenters. The summed E-state index contributed by atoms with van der Waals surface area (Å²) in [6.07, 6.45) is 0.751. The average Bonchev–Trinajstić information content (AvgIpc) is 2.36. The van der Waals surface area contributed by atoms with Gasteiger partial charge >= 0.3 is 0 Å². The van der Waals surface area contributed by atoms with Gasteiger partial charge < -0.3 is 10.6 Å². The highest BCUT2D eigenvalue weighted by molar-refractivity contribution is 5.95. The molecular weight excluding hydrogens is 224 g/mol. The number of hydrogen-bond donors (Lipinski definition) is 1. The van der Waals surface area contributed by atoms with Gasteiger partial charge in [-0.3, -0.25) is 4.79 Å². The van der Waals surface area contributed by atoms with Crippen molar-refractivity contribution >= 4 is 5.91 Å². The third-order valence-corrected chi connectivity index (χ3v) is 2.92. The van der Waals surface area contributed by atoms with E-state index >= 15 is 0 Å². The third kappa shape index (κ3) is 3.84. The van der Waals surface area contributed by atoms with E-state index in [1.807, 2.05) is 36.1 Å². The summed E-state index contributed by atoms with van der Waals surface area (Å²) in [5.41, 5.74) is 7.44. The van der Waals surface area contributed by atoms with Crippen molar-refractivity contribution in [1.82, 2.24) is 4.90 Å². The van der Waals surface area contributed by atoms with E-state index in [9.17, 15) is 4.79 Å². The van der Waals surface area contributed by atoms with Crippen LogP contribution in [0.1, 0.15) is 36.7 Å². The molecule has 0 atom stereocenters. The van der Waals surface area contributed by atoms with Gasteiger partial charge in [0.15, 0.2) is 0 Å². The fourth-order valence-electron chi connectivity index (χ4n) is 2.07. The Kier molecular flexibility index (Phi) is 5.86. The second kappa shape index (κ2) is 7.17. The molecule has 1 rings (SSSR count). The number of hydrogen-bond acceptors (Lipinski definition) is 2. The molecule has 0 aliphatic carbocycles. The summed E-state index contributed by atoms with van der Waals surface area (Å²) in [7, 11) is 0. The number of benzene rings is 1. The van der Waals surface area contributed by atoms with E-state index in [4.69, 9.17) is 5.73 Å². The van der Waals surface area contributed by atoms with Crippen LogP contribution in [0, 0.1) is 5.92 Å². The van der Waals surface area contributed by atoms with Crippen LogP contribution < -0.4 is 5.73 Å². The lowest BCUT2D eigenvalue weighted by molar-refractivity contribution is 0.0744. The molecule has 0 saturated heterocycles. The van der Waals surface area contributed by atoms with E-state index in [1.165, 1.54) is 0 Å². The van der Waals surface area contributed by atoms with Crippen molar-refractivity contribution in [2.24, 2.45) is 11.7 Å². The van der Waals surface area contributed by atoms with Crippen LogP contribution in [0.25, 0.3) is 0 Å². The second-order valence-corrected chi connectivity index (χ2v) is 4.93. The fraction of sp³-hybridized carbons (Fsp3) is 0.533. The van der Waals surface area contributed by atoms with Gasteiger partial charge in [0.2, 0.25) is 0 Å². The number of carbonyl (C=O) groups excluding carboxylic acids is 1. The Morgan fingerprint density at radius 1 is 1.33 bits per heavy atom. The SMILES string of the molecule is CCN(CC(C)C)C(=O)c1ccccc1CCN. The Hall–Kier alpha value is -1.35. The topological polar surface area (TPSA) is 46.3 Å². The van der Waals surface area contributed by atoms with Gasteiger partial charge in [0.25, 0.3) is 5.91 Å². The molecule has 0 fully saturated rings. The monoisotopic (exact) mass is 248 g/mol. The normalized spacial score (nSPS) is 10.7. The van der Waals surface area contributed by atoms with Crippen LogP contribution in [0.15, 0.2) is 24.3 Å². The number of nitrogens with zero attached hydrogens (tertiary/aromatic N) is 1. The molecule has 2 N–H and O–H groups in total. The van der Waals surface area contributed by atoms with Crippen molar-refractivity contribution in [3.05, 3.63) is 35.4 Å². The average molecular weight is 248 g/mol. The predicted molar refractivity (Wildman–Crippen MR) is 75.6 cm³/mol. The molecule has 3 heteroatoms. The highest BCUT2D eigenvalue weighted by Crippen LogP contribution is 2.13. The van der Waals surface area contributed by atoms with Gasteiger partial charge in [0.1, 0.15) is 0 Å². The number of amides is 1. The number of rotatable bonds is 6. The first-order valence-corrected chi connectivity index (χ1v) is 6.67. The van der Waals surface area contributed by atoms with Gasteiger partial charge in [-0.1, -0.05) is 32.0 Å². The Morgan fingerprint density at radius 3 is 2.56 bits per heavy atom. The number of nitrogens with two attached hydrogens (primary N) is 1. The van der Waals surface area contributed by atoms with Crippen molar-refractivity contribution in [3.8, 4) is 0 Å². The molecule has 1 aromatic carbocycles. The van der Waals surface area contributed by atoms with Crippen molar-refractivity contribution in [3.63, 3.8) is 0 Å². The van der Waals surface area contributed by atoms with Gasteiger partial charge in [0, 0.05) is 18.7 Å². The van der Waals surface area contributed by atoms with E-state index in [0.717, 1.165) is 30.6 Å². The minimum Gasteiger partial charge on any atom is -0.339 e. The van der Waals surface area contributed by atoms with Gasteiger partial charge in [0.05, 0.1) is 0 Å². The molecule has 0 radical (unpaired) electrons. The van der Waals surface area contributed by atoms with Crippen LogP contribution in [0.3, 0.4) is 0 Å². The van der Waals surface area contributed by atoms with Crippen LogP contribution in [-0.4, -0.2) is 30.4 Å². The molecular formula is C15H24N2O. The molecule has 0 heterocycles. The zero-order valence-corrected chi connectivity index (χ0v) is 11.6. The Labute approximate surface area is 110 Å². The van der Waals surface area contributed by atoms with E-state index in [2.05, 4.69) is 13.8 Å². The summed E-state index contributed by atoms with van der Waals surface area (Å²) < 4.78 is 0. The van der Waals surface area contributed by atoms with Gasteiger partial charge in [-0.15, -0.1) is 0 Å². The molecule has 1 aromatic rings. The van der Waals surface area contributed by atoms with Crippen LogP contribution >= 0.6 is 0 Å². The van der Waals surface area contributed by atoms with E-state index in [0.29, 0.717) is 12.5 Å². The first-order valence-electron chi connectivity index (χ1n) is 6.67. The highest BCUT2D eigenvalue weighted by Gasteiger charge is 2.17. The Balaban J connectivity index is 2.93. The molecule has 0 spiro atoms. The maximum atomic E-state index is 12.5. The molecule has 0 aliphatic rings. The predicted octanol–water partition coefficient (Wildman–Crippen LogP) is 2.31. The van der Waals surface area contributed by atoms with E-state index < -0.39 is 0 Å². The molecule has 0 saturated carbocycles. The minimum atomic E-state index is 0.121. The van der Waals surface area contributed by atoms with Crippen LogP contribution in [0.2, 0.25) is 0 Å². The van der Waals surface area contributed by atoms with Crippen LogP contribution in [-0.2, 0) is 6.42 Å². The number of carbonyl (C=O) groups is 1. The summed E-state index contributed by atoms with van der Waals surface area (Å²) in [5.74, 6) is 0.603. The second-order valence-electron chi connectivity index (χ2n) is 4.93. The lowest BCUT2D eigenvalue weighted by Gasteiger charge is -2.24. The Bertz CT molecular complexity index is 388. The maximum absolute atomic E-state index is 12.5. The van der Waals surface area contributed by atoms with Crippen molar-refractivity contribution in [2.75, 3.05) is 19.6 Å². The molecule has 0 bridgehead atoms.